The van der Waals surface area contributed by atoms with Crippen molar-refractivity contribution >= 4 is 6.03 Å². The number of carbonyl (C=O) groups is 1. The molecule has 0 atom stereocenters. The lowest BCUT2D eigenvalue weighted by Gasteiger charge is -2.21. The largest absolute Gasteiger partial charge is 0.324 e. The molecule has 0 saturated carbocycles. The topological polar surface area (TPSA) is 23.6 Å². The third kappa shape index (κ3) is 2.55. The Morgan fingerprint density at radius 1 is 1.28 bits per heavy atom. The van der Waals surface area contributed by atoms with Gasteiger partial charge < -0.3 is 4.90 Å². The molecule has 1 saturated heterocycles. The summed E-state index contributed by atoms with van der Waals surface area (Å²) >= 11 is 0. The van der Waals surface area contributed by atoms with E-state index < -0.39 is 0 Å². The fourth-order valence-corrected chi connectivity index (χ4v) is 2.18. The number of hydrogen-bond donors (Lipinski definition) is 0. The quantitative estimate of drug-likeness (QED) is 0.799. The van der Waals surface area contributed by atoms with E-state index in [9.17, 15) is 4.79 Å². The number of rotatable bonds is 4. The minimum atomic E-state index is 0.0888. The van der Waals surface area contributed by atoms with Crippen LogP contribution in [-0.4, -0.2) is 35.0 Å². The molecule has 2 amide bonds. The lowest BCUT2D eigenvalue weighted by molar-refractivity contribution is 0.185. The third-order valence-corrected chi connectivity index (χ3v) is 3.30. The highest BCUT2D eigenvalue weighted by Crippen LogP contribution is 2.20. The number of nitrogens with zero attached hydrogens (tertiary/aromatic N) is 2. The van der Waals surface area contributed by atoms with Crippen LogP contribution in [0.15, 0.2) is 42.6 Å². The molecule has 3 nitrogen and oxygen atoms in total. The van der Waals surface area contributed by atoms with Crippen LogP contribution in [0.2, 0.25) is 0 Å². The van der Waals surface area contributed by atoms with Crippen LogP contribution in [0.5, 0.6) is 0 Å². The second-order valence-electron chi connectivity index (χ2n) is 4.96. The average molecular weight is 244 g/mol. The number of urea groups is 1. The molecule has 0 unspecified atom stereocenters. The summed E-state index contributed by atoms with van der Waals surface area (Å²) in [5, 5.41) is 0. The van der Waals surface area contributed by atoms with Gasteiger partial charge in [-0.1, -0.05) is 36.9 Å². The van der Waals surface area contributed by atoms with E-state index in [1.165, 1.54) is 5.56 Å². The molecule has 1 aromatic carbocycles. The summed E-state index contributed by atoms with van der Waals surface area (Å²) in [4.78, 5) is 15.8. The monoisotopic (exact) mass is 244 g/mol. The number of hydrogen-bond acceptors (Lipinski definition) is 1. The molecule has 0 aliphatic carbocycles. The molecule has 0 N–H and O–H groups in total. The lowest BCUT2D eigenvalue weighted by Crippen LogP contribution is -2.36. The van der Waals surface area contributed by atoms with Crippen molar-refractivity contribution in [2.24, 2.45) is 0 Å². The predicted molar refractivity (Wildman–Crippen MR) is 73.2 cm³/mol. The van der Waals surface area contributed by atoms with Crippen LogP contribution in [0, 0.1) is 0 Å². The van der Waals surface area contributed by atoms with Crippen LogP contribution in [0.25, 0.3) is 0 Å². The highest BCUT2D eigenvalue weighted by Gasteiger charge is 2.32. The van der Waals surface area contributed by atoms with Gasteiger partial charge in [-0.2, -0.15) is 0 Å². The van der Waals surface area contributed by atoms with Gasteiger partial charge in [0.15, 0.2) is 0 Å². The van der Waals surface area contributed by atoms with E-state index in [0.717, 1.165) is 12.1 Å². The van der Waals surface area contributed by atoms with Crippen molar-refractivity contribution in [2.45, 2.75) is 26.3 Å². The molecule has 0 bridgehead atoms. The van der Waals surface area contributed by atoms with E-state index in [1.54, 1.807) is 4.90 Å². The van der Waals surface area contributed by atoms with Gasteiger partial charge in [-0.05, 0) is 25.8 Å². The SMILES string of the molecule is C=C1CN(C(C)C)C(=O)N1CCc1ccccc1. The van der Waals surface area contributed by atoms with Gasteiger partial charge in [0.25, 0.3) is 0 Å². The Morgan fingerprint density at radius 2 is 1.94 bits per heavy atom. The van der Waals surface area contributed by atoms with Gasteiger partial charge in [-0.3, -0.25) is 4.90 Å². The minimum absolute atomic E-state index is 0.0888. The first kappa shape index (κ1) is 12.7. The summed E-state index contributed by atoms with van der Waals surface area (Å²) in [7, 11) is 0. The van der Waals surface area contributed by atoms with Crippen LogP contribution < -0.4 is 0 Å². The normalized spacial score (nSPS) is 15.9. The van der Waals surface area contributed by atoms with Crippen LogP contribution in [-0.2, 0) is 6.42 Å². The average Bonchev–Trinajstić information content (AvgIpc) is 2.64. The standard InChI is InChI=1S/C15H20N2O/c1-12(2)17-11-13(3)16(15(17)18)10-9-14-7-5-4-6-8-14/h4-8,12H,3,9-11H2,1-2H3. The lowest BCUT2D eigenvalue weighted by atomic mass is 10.1. The molecule has 0 radical (unpaired) electrons. The summed E-state index contributed by atoms with van der Waals surface area (Å²) in [6.45, 7) is 9.43. The number of carbonyl (C=O) groups excluding carboxylic acids is 1. The van der Waals surface area contributed by atoms with Crippen LogP contribution in [0.4, 0.5) is 4.79 Å². The van der Waals surface area contributed by atoms with Crippen LogP contribution in [0.3, 0.4) is 0 Å². The molecule has 1 aromatic rings. The van der Waals surface area contributed by atoms with E-state index in [-0.39, 0.29) is 12.1 Å². The third-order valence-electron chi connectivity index (χ3n) is 3.30. The Bertz CT molecular complexity index is 439. The zero-order valence-corrected chi connectivity index (χ0v) is 11.1. The van der Waals surface area contributed by atoms with E-state index >= 15 is 0 Å². The van der Waals surface area contributed by atoms with Gasteiger partial charge >= 0.3 is 6.03 Å². The summed E-state index contributed by atoms with van der Waals surface area (Å²) in [5.74, 6) is 0. The van der Waals surface area contributed by atoms with Gasteiger partial charge in [0, 0.05) is 18.3 Å². The molecule has 1 fully saturated rings. The van der Waals surface area contributed by atoms with Crippen molar-refractivity contribution in [3.63, 3.8) is 0 Å². The van der Waals surface area contributed by atoms with Crippen molar-refractivity contribution in [1.82, 2.24) is 9.80 Å². The molecule has 3 heteroatoms. The first-order valence-corrected chi connectivity index (χ1v) is 6.39. The first-order valence-electron chi connectivity index (χ1n) is 6.39. The summed E-state index contributed by atoms with van der Waals surface area (Å²) in [5.41, 5.74) is 2.16. The van der Waals surface area contributed by atoms with E-state index in [1.807, 2.05) is 36.9 Å². The molecule has 1 aliphatic rings. The summed E-state index contributed by atoms with van der Waals surface area (Å²) in [6, 6.07) is 10.5. The fraction of sp³-hybridized carbons (Fsp3) is 0.400. The molecule has 1 aliphatic heterocycles. The van der Waals surface area contributed by atoms with E-state index in [2.05, 4.69) is 18.7 Å². The molecule has 0 aromatic heterocycles. The van der Waals surface area contributed by atoms with E-state index in [0.29, 0.717) is 13.1 Å². The second kappa shape index (κ2) is 5.25. The fourth-order valence-electron chi connectivity index (χ4n) is 2.18. The summed E-state index contributed by atoms with van der Waals surface area (Å²) < 4.78 is 0. The molecule has 0 spiro atoms. The number of amides is 2. The maximum absolute atomic E-state index is 12.2. The Labute approximate surface area is 109 Å². The highest BCUT2D eigenvalue weighted by molar-refractivity contribution is 5.80. The molecule has 96 valence electrons. The summed E-state index contributed by atoms with van der Waals surface area (Å²) in [6.07, 6.45) is 0.873. The van der Waals surface area contributed by atoms with Crippen molar-refractivity contribution in [1.29, 1.82) is 0 Å². The molecule has 18 heavy (non-hydrogen) atoms. The van der Waals surface area contributed by atoms with Gasteiger partial charge in [0.1, 0.15) is 0 Å². The smallest absolute Gasteiger partial charge is 0.316 e. The number of benzene rings is 1. The molecule has 1 heterocycles. The maximum atomic E-state index is 12.2. The minimum Gasteiger partial charge on any atom is -0.316 e. The zero-order valence-electron chi connectivity index (χ0n) is 11.1. The Kier molecular flexibility index (Phi) is 3.70. The van der Waals surface area contributed by atoms with Gasteiger partial charge in [-0.25, -0.2) is 4.79 Å². The van der Waals surface area contributed by atoms with Gasteiger partial charge in [0.2, 0.25) is 0 Å². The van der Waals surface area contributed by atoms with Crippen molar-refractivity contribution in [2.75, 3.05) is 13.1 Å². The van der Waals surface area contributed by atoms with Gasteiger partial charge in [-0.15, -0.1) is 0 Å². The van der Waals surface area contributed by atoms with Gasteiger partial charge in [0.05, 0.1) is 6.54 Å². The predicted octanol–water partition coefficient (Wildman–Crippen LogP) is 2.89. The molecular formula is C15H20N2O. The Hall–Kier alpha value is -1.77. The van der Waals surface area contributed by atoms with E-state index in [4.69, 9.17) is 0 Å². The molecule has 2 rings (SSSR count). The van der Waals surface area contributed by atoms with Crippen molar-refractivity contribution < 1.29 is 4.79 Å². The molecular weight excluding hydrogens is 224 g/mol. The maximum Gasteiger partial charge on any atom is 0.324 e. The van der Waals surface area contributed by atoms with Crippen LogP contribution >= 0.6 is 0 Å². The van der Waals surface area contributed by atoms with Crippen molar-refractivity contribution in [3.05, 3.63) is 48.2 Å². The Morgan fingerprint density at radius 3 is 2.50 bits per heavy atom. The Balaban J connectivity index is 1.98. The highest BCUT2D eigenvalue weighted by atomic mass is 16.2. The second-order valence-corrected chi connectivity index (χ2v) is 4.96. The van der Waals surface area contributed by atoms with Crippen LogP contribution in [0.1, 0.15) is 19.4 Å². The zero-order chi connectivity index (χ0) is 13.1. The first-order chi connectivity index (χ1) is 8.59. The van der Waals surface area contributed by atoms with Crippen molar-refractivity contribution in [3.8, 4) is 0 Å².